The lowest BCUT2D eigenvalue weighted by atomic mass is 10.1. The number of aliphatic hydroxyl groups is 1. The first-order valence-corrected chi connectivity index (χ1v) is 4.20. The molecule has 0 aliphatic rings. The summed E-state index contributed by atoms with van der Waals surface area (Å²) in [5.74, 6) is 0. The smallest absolute Gasteiger partial charge is 0.115 e. The SMILES string of the molecule is O=NC(CO)CCc1ccccn1. The summed E-state index contributed by atoms with van der Waals surface area (Å²) in [5, 5.41) is 11.5. The first-order valence-electron chi connectivity index (χ1n) is 4.20. The van der Waals surface area contributed by atoms with E-state index in [2.05, 4.69) is 10.2 Å². The average Bonchev–Trinajstić information content (AvgIpc) is 2.21. The Balaban J connectivity index is 2.38. The Labute approximate surface area is 76.6 Å². The fourth-order valence-corrected chi connectivity index (χ4v) is 1.04. The largest absolute Gasteiger partial charge is 0.394 e. The highest BCUT2D eigenvalue weighted by molar-refractivity contribution is 5.03. The van der Waals surface area contributed by atoms with Crippen molar-refractivity contribution in [3.63, 3.8) is 0 Å². The Kier molecular flexibility index (Phi) is 4.05. The summed E-state index contributed by atoms with van der Waals surface area (Å²) < 4.78 is 0. The molecular weight excluding hydrogens is 168 g/mol. The number of hydrogen-bond acceptors (Lipinski definition) is 4. The number of hydrogen-bond donors (Lipinski definition) is 1. The molecule has 1 unspecified atom stereocenters. The van der Waals surface area contributed by atoms with E-state index in [0.717, 1.165) is 5.69 Å². The van der Waals surface area contributed by atoms with Gasteiger partial charge in [-0.1, -0.05) is 11.2 Å². The van der Waals surface area contributed by atoms with Gasteiger partial charge in [0, 0.05) is 11.9 Å². The molecule has 1 aromatic heterocycles. The van der Waals surface area contributed by atoms with E-state index >= 15 is 0 Å². The highest BCUT2D eigenvalue weighted by atomic mass is 16.3. The minimum atomic E-state index is -0.498. The lowest BCUT2D eigenvalue weighted by Crippen LogP contribution is -2.10. The van der Waals surface area contributed by atoms with E-state index in [9.17, 15) is 4.91 Å². The molecule has 1 heterocycles. The van der Waals surface area contributed by atoms with Crippen LogP contribution in [0.2, 0.25) is 0 Å². The first kappa shape index (κ1) is 9.80. The van der Waals surface area contributed by atoms with Crippen molar-refractivity contribution in [2.75, 3.05) is 6.61 Å². The van der Waals surface area contributed by atoms with Gasteiger partial charge < -0.3 is 5.11 Å². The number of aryl methyl sites for hydroxylation is 1. The van der Waals surface area contributed by atoms with Crippen molar-refractivity contribution in [3.8, 4) is 0 Å². The van der Waals surface area contributed by atoms with Crippen molar-refractivity contribution >= 4 is 0 Å². The molecule has 1 rings (SSSR count). The molecule has 0 saturated heterocycles. The van der Waals surface area contributed by atoms with Gasteiger partial charge in [0.05, 0.1) is 6.61 Å². The molecule has 1 N–H and O–H groups in total. The van der Waals surface area contributed by atoms with Crippen LogP contribution in [0.15, 0.2) is 29.6 Å². The third-order valence-corrected chi connectivity index (χ3v) is 1.82. The van der Waals surface area contributed by atoms with E-state index in [-0.39, 0.29) is 6.61 Å². The van der Waals surface area contributed by atoms with Gasteiger partial charge in [-0.15, -0.1) is 0 Å². The molecule has 0 spiro atoms. The fourth-order valence-electron chi connectivity index (χ4n) is 1.04. The molecule has 70 valence electrons. The molecule has 0 radical (unpaired) electrons. The molecule has 4 heteroatoms. The topological polar surface area (TPSA) is 62.5 Å². The van der Waals surface area contributed by atoms with Crippen molar-refractivity contribution in [3.05, 3.63) is 35.0 Å². The Hall–Kier alpha value is -1.29. The van der Waals surface area contributed by atoms with Crippen LogP contribution in [0.3, 0.4) is 0 Å². The van der Waals surface area contributed by atoms with Gasteiger partial charge in [0.25, 0.3) is 0 Å². The molecule has 13 heavy (non-hydrogen) atoms. The Bertz CT molecular complexity index is 251. The predicted molar refractivity (Wildman–Crippen MR) is 49.2 cm³/mol. The van der Waals surface area contributed by atoms with E-state index in [1.165, 1.54) is 0 Å². The van der Waals surface area contributed by atoms with Crippen LogP contribution in [0, 0.1) is 4.91 Å². The van der Waals surface area contributed by atoms with E-state index in [4.69, 9.17) is 5.11 Å². The zero-order valence-corrected chi connectivity index (χ0v) is 7.26. The Morgan fingerprint density at radius 1 is 1.54 bits per heavy atom. The molecule has 0 saturated carbocycles. The van der Waals surface area contributed by atoms with Crippen LogP contribution in [-0.2, 0) is 6.42 Å². The van der Waals surface area contributed by atoms with Crippen LogP contribution < -0.4 is 0 Å². The third-order valence-electron chi connectivity index (χ3n) is 1.82. The minimum absolute atomic E-state index is 0.184. The number of nitroso groups, excluding NO2 is 1. The summed E-state index contributed by atoms with van der Waals surface area (Å²) >= 11 is 0. The van der Waals surface area contributed by atoms with Crippen LogP contribution in [-0.4, -0.2) is 22.7 Å². The van der Waals surface area contributed by atoms with Gasteiger partial charge in [0.1, 0.15) is 6.04 Å². The van der Waals surface area contributed by atoms with Crippen LogP contribution in [0.1, 0.15) is 12.1 Å². The van der Waals surface area contributed by atoms with Crippen LogP contribution >= 0.6 is 0 Å². The molecule has 1 atom stereocenters. The van der Waals surface area contributed by atoms with E-state index < -0.39 is 6.04 Å². The van der Waals surface area contributed by atoms with E-state index in [0.29, 0.717) is 12.8 Å². The number of aromatic nitrogens is 1. The van der Waals surface area contributed by atoms with Crippen LogP contribution in [0.5, 0.6) is 0 Å². The van der Waals surface area contributed by atoms with Crippen molar-refractivity contribution < 1.29 is 5.11 Å². The van der Waals surface area contributed by atoms with Crippen molar-refractivity contribution in [2.24, 2.45) is 5.18 Å². The van der Waals surface area contributed by atoms with Gasteiger partial charge in [-0.25, -0.2) is 0 Å². The maximum atomic E-state index is 10.1. The lowest BCUT2D eigenvalue weighted by molar-refractivity contribution is 0.260. The molecule has 0 fully saturated rings. The van der Waals surface area contributed by atoms with Crippen LogP contribution in [0.4, 0.5) is 0 Å². The third kappa shape index (κ3) is 3.29. The maximum Gasteiger partial charge on any atom is 0.115 e. The molecule has 0 bridgehead atoms. The maximum absolute atomic E-state index is 10.1. The standard InChI is InChI=1S/C9H12N2O2/c12-7-9(11-13)5-4-8-3-1-2-6-10-8/h1-3,6,9,12H,4-5,7H2. The Morgan fingerprint density at radius 2 is 2.38 bits per heavy atom. The first-order chi connectivity index (χ1) is 6.36. The number of aliphatic hydroxyl groups excluding tert-OH is 1. The summed E-state index contributed by atoms with van der Waals surface area (Å²) in [7, 11) is 0. The second-order valence-corrected chi connectivity index (χ2v) is 2.80. The predicted octanol–water partition coefficient (Wildman–Crippen LogP) is 1.14. The quantitative estimate of drug-likeness (QED) is 0.691. The second-order valence-electron chi connectivity index (χ2n) is 2.80. The number of pyridine rings is 1. The van der Waals surface area contributed by atoms with Crippen molar-refractivity contribution in [1.29, 1.82) is 0 Å². The second kappa shape index (κ2) is 5.37. The zero-order valence-electron chi connectivity index (χ0n) is 7.26. The summed E-state index contributed by atoms with van der Waals surface area (Å²) in [6.07, 6.45) is 2.94. The average molecular weight is 180 g/mol. The molecule has 1 aromatic rings. The fraction of sp³-hybridized carbons (Fsp3) is 0.444. The zero-order chi connectivity index (χ0) is 9.52. The van der Waals surface area contributed by atoms with E-state index in [1.54, 1.807) is 6.20 Å². The Morgan fingerprint density at radius 3 is 2.92 bits per heavy atom. The highest BCUT2D eigenvalue weighted by Gasteiger charge is 2.06. The minimum Gasteiger partial charge on any atom is -0.394 e. The van der Waals surface area contributed by atoms with E-state index in [1.807, 2.05) is 18.2 Å². The van der Waals surface area contributed by atoms with Gasteiger partial charge in [-0.3, -0.25) is 4.98 Å². The van der Waals surface area contributed by atoms with Gasteiger partial charge >= 0.3 is 0 Å². The number of nitrogens with zero attached hydrogens (tertiary/aromatic N) is 2. The monoisotopic (exact) mass is 180 g/mol. The normalized spacial score (nSPS) is 12.4. The molecular formula is C9H12N2O2. The summed E-state index contributed by atoms with van der Waals surface area (Å²) in [5.41, 5.74) is 0.921. The van der Waals surface area contributed by atoms with Gasteiger partial charge in [-0.05, 0) is 25.0 Å². The molecule has 0 aromatic carbocycles. The summed E-state index contributed by atoms with van der Waals surface area (Å²) in [4.78, 5) is 14.2. The van der Waals surface area contributed by atoms with Gasteiger partial charge in [0.2, 0.25) is 0 Å². The molecule has 4 nitrogen and oxygen atoms in total. The van der Waals surface area contributed by atoms with Crippen molar-refractivity contribution in [2.45, 2.75) is 18.9 Å². The summed E-state index contributed by atoms with van der Waals surface area (Å²) in [6.45, 7) is -0.184. The molecule has 0 aliphatic heterocycles. The number of rotatable bonds is 5. The van der Waals surface area contributed by atoms with Gasteiger partial charge in [0.15, 0.2) is 0 Å². The molecule has 0 aliphatic carbocycles. The highest BCUT2D eigenvalue weighted by Crippen LogP contribution is 2.03. The van der Waals surface area contributed by atoms with Crippen molar-refractivity contribution in [1.82, 2.24) is 4.98 Å². The lowest BCUT2D eigenvalue weighted by Gasteiger charge is -2.03. The summed E-state index contributed by atoms with van der Waals surface area (Å²) in [6, 6.07) is 5.12. The van der Waals surface area contributed by atoms with Gasteiger partial charge in [-0.2, -0.15) is 4.91 Å². The molecule has 0 amide bonds. The van der Waals surface area contributed by atoms with Crippen LogP contribution in [0.25, 0.3) is 0 Å².